The van der Waals surface area contributed by atoms with Crippen LogP contribution in [-0.2, 0) is 6.42 Å². The lowest BCUT2D eigenvalue weighted by Gasteiger charge is -2.03. The predicted molar refractivity (Wildman–Crippen MR) is 85.6 cm³/mol. The minimum Gasteiger partial charge on any atom is -0.321 e. The molecule has 1 amide bonds. The van der Waals surface area contributed by atoms with Crippen LogP contribution in [0.3, 0.4) is 0 Å². The number of carbonyl (C=O) groups is 1. The topological polar surface area (TPSA) is 76.4 Å². The summed E-state index contributed by atoms with van der Waals surface area (Å²) >= 11 is 1.13. The molecule has 0 aliphatic carbocycles. The van der Waals surface area contributed by atoms with Crippen LogP contribution in [0.15, 0.2) is 35.3 Å². The summed E-state index contributed by atoms with van der Waals surface area (Å²) in [5.41, 5.74) is 1.87. The van der Waals surface area contributed by atoms with Crippen molar-refractivity contribution in [2.45, 2.75) is 20.3 Å². The van der Waals surface area contributed by atoms with Crippen molar-refractivity contribution < 1.29 is 4.79 Å². The minimum atomic E-state index is -0.371. The third-order valence-corrected chi connectivity index (χ3v) is 4.22. The van der Waals surface area contributed by atoms with Crippen LogP contribution in [0.4, 0.5) is 5.69 Å². The molecule has 0 bridgehead atoms. The monoisotopic (exact) mass is 314 g/mol. The number of nitrogens with zero attached hydrogens (tertiary/aromatic N) is 3. The van der Waals surface area contributed by atoms with E-state index in [1.54, 1.807) is 13.1 Å². The fraction of sp³-hybridized carbons (Fsp3) is 0.200. The Labute approximate surface area is 130 Å². The van der Waals surface area contributed by atoms with Gasteiger partial charge in [-0.1, -0.05) is 30.4 Å². The number of carbonyl (C=O) groups excluding carboxylic acids is 1. The highest BCUT2D eigenvalue weighted by Gasteiger charge is 2.13. The second-order valence-corrected chi connectivity index (χ2v) is 5.84. The van der Waals surface area contributed by atoms with Crippen LogP contribution in [0, 0.1) is 6.92 Å². The number of hydrogen-bond acceptors (Lipinski definition) is 5. The second-order valence-electron chi connectivity index (χ2n) is 4.83. The number of thiazole rings is 1. The van der Waals surface area contributed by atoms with Crippen LogP contribution in [-0.4, -0.2) is 20.5 Å². The molecule has 3 aromatic rings. The van der Waals surface area contributed by atoms with Crippen molar-refractivity contribution in [1.82, 2.24) is 14.6 Å². The van der Waals surface area contributed by atoms with Gasteiger partial charge >= 0.3 is 0 Å². The number of aromatic nitrogens is 3. The van der Waals surface area contributed by atoms with Crippen LogP contribution in [0.25, 0.3) is 4.96 Å². The molecule has 6 nitrogen and oxygen atoms in total. The molecule has 1 N–H and O–H groups in total. The Morgan fingerprint density at radius 1 is 1.32 bits per heavy atom. The molecule has 112 valence electrons. The van der Waals surface area contributed by atoms with Gasteiger partial charge < -0.3 is 5.32 Å². The molecule has 3 rings (SSSR count). The Kier molecular flexibility index (Phi) is 3.72. The fourth-order valence-electron chi connectivity index (χ4n) is 1.98. The average Bonchev–Trinajstić information content (AvgIpc) is 2.91. The zero-order chi connectivity index (χ0) is 15.7. The van der Waals surface area contributed by atoms with Gasteiger partial charge in [0.1, 0.15) is 10.6 Å². The first kappa shape index (κ1) is 14.4. The van der Waals surface area contributed by atoms with Crippen molar-refractivity contribution in [3.63, 3.8) is 0 Å². The number of aryl methyl sites for hydroxylation is 2. The molecule has 0 saturated carbocycles. The molecule has 7 heteroatoms. The summed E-state index contributed by atoms with van der Waals surface area (Å²) in [6.45, 7) is 3.67. The Balaban J connectivity index is 1.86. The van der Waals surface area contributed by atoms with E-state index in [0.29, 0.717) is 15.5 Å². The van der Waals surface area contributed by atoms with E-state index in [-0.39, 0.29) is 11.5 Å². The second kappa shape index (κ2) is 5.69. The molecular formula is C15H14N4O2S. The maximum absolute atomic E-state index is 12.3. The van der Waals surface area contributed by atoms with Gasteiger partial charge in [0.2, 0.25) is 4.96 Å². The van der Waals surface area contributed by atoms with E-state index in [4.69, 9.17) is 0 Å². The predicted octanol–water partition coefficient (Wildman–Crippen LogP) is 2.27. The van der Waals surface area contributed by atoms with Crippen molar-refractivity contribution in [2.75, 3.05) is 5.32 Å². The number of hydrogen-bond donors (Lipinski definition) is 1. The molecule has 1 aromatic carbocycles. The van der Waals surface area contributed by atoms with E-state index >= 15 is 0 Å². The molecule has 2 heterocycles. The first-order chi connectivity index (χ1) is 10.6. The smallest absolute Gasteiger partial charge is 0.295 e. The van der Waals surface area contributed by atoms with E-state index in [9.17, 15) is 9.59 Å². The quantitative estimate of drug-likeness (QED) is 0.804. The van der Waals surface area contributed by atoms with E-state index < -0.39 is 0 Å². The average molecular weight is 314 g/mol. The van der Waals surface area contributed by atoms with Gasteiger partial charge in [-0.2, -0.15) is 10.1 Å². The molecule has 0 unspecified atom stereocenters. The van der Waals surface area contributed by atoms with E-state index in [1.807, 2.05) is 24.3 Å². The zero-order valence-electron chi connectivity index (χ0n) is 12.2. The van der Waals surface area contributed by atoms with E-state index in [2.05, 4.69) is 22.3 Å². The summed E-state index contributed by atoms with van der Waals surface area (Å²) in [6.07, 6.45) is 2.53. The normalized spacial score (nSPS) is 10.8. The number of fused-ring (bicyclic) bond motifs is 1. The molecule has 0 aliphatic rings. The highest BCUT2D eigenvalue weighted by atomic mass is 32.1. The van der Waals surface area contributed by atoms with Crippen LogP contribution in [0.2, 0.25) is 0 Å². The third kappa shape index (κ3) is 2.75. The SMILES string of the molecule is CCc1ccc(NC(=O)c2cn3nc(C)c(=O)nc3s2)cc1. The molecule has 22 heavy (non-hydrogen) atoms. The van der Waals surface area contributed by atoms with Crippen molar-refractivity contribution in [1.29, 1.82) is 0 Å². The van der Waals surface area contributed by atoms with Crippen LogP contribution in [0.5, 0.6) is 0 Å². The lowest BCUT2D eigenvalue weighted by molar-refractivity contribution is 0.103. The minimum absolute atomic E-state index is 0.244. The van der Waals surface area contributed by atoms with Crippen LogP contribution in [0.1, 0.15) is 27.9 Å². The Morgan fingerprint density at radius 3 is 2.73 bits per heavy atom. The van der Waals surface area contributed by atoms with Crippen LogP contribution >= 0.6 is 11.3 Å². The summed E-state index contributed by atoms with van der Waals surface area (Å²) in [4.78, 5) is 28.5. The van der Waals surface area contributed by atoms with Gasteiger partial charge in [-0.25, -0.2) is 4.52 Å². The lowest BCUT2D eigenvalue weighted by Crippen LogP contribution is -2.14. The molecular weight excluding hydrogens is 300 g/mol. The van der Waals surface area contributed by atoms with Gasteiger partial charge in [0, 0.05) is 5.69 Å². The Bertz CT molecular complexity index is 896. The number of benzene rings is 1. The maximum Gasteiger partial charge on any atom is 0.295 e. The van der Waals surface area contributed by atoms with Crippen molar-refractivity contribution in [2.24, 2.45) is 0 Å². The lowest BCUT2D eigenvalue weighted by atomic mass is 10.1. The fourth-order valence-corrected chi connectivity index (χ4v) is 2.79. The first-order valence-corrected chi connectivity index (χ1v) is 7.66. The van der Waals surface area contributed by atoms with Gasteiger partial charge in [-0.3, -0.25) is 9.59 Å². The first-order valence-electron chi connectivity index (χ1n) is 6.84. The van der Waals surface area contributed by atoms with Gasteiger partial charge in [0.05, 0.1) is 6.20 Å². The van der Waals surface area contributed by atoms with Gasteiger partial charge in [-0.05, 0) is 31.0 Å². The molecule has 0 spiro atoms. The Hall–Kier alpha value is -2.54. The summed E-state index contributed by atoms with van der Waals surface area (Å²) in [5, 5.41) is 6.90. The van der Waals surface area contributed by atoms with Gasteiger partial charge in [0.15, 0.2) is 0 Å². The van der Waals surface area contributed by atoms with E-state index in [0.717, 1.165) is 23.4 Å². The largest absolute Gasteiger partial charge is 0.321 e. The van der Waals surface area contributed by atoms with Gasteiger partial charge in [0.25, 0.3) is 11.5 Å². The van der Waals surface area contributed by atoms with Crippen LogP contribution < -0.4 is 10.9 Å². The summed E-state index contributed by atoms with van der Waals surface area (Å²) in [7, 11) is 0. The molecule has 0 atom stereocenters. The van der Waals surface area contributed by atoms with Crippen molar-refractivity contribution in [3.8, 4) is 0 Å². The number of nitrogens with one attached hydrogen (secondary N) is 1. The zero-order valence-corrected chi connectivity index (χ0v) is 13.0. The summed E-state index contributed by atoms with van der Waals surface area (Å²) < 4.78 is 1.45. The summed E-state index contributed by atoms with van der Waals surface area (Å²) in [5.74, 6) is -0.244. The highest BCUT2D eigenvalue weighted by molar-refractivity contribution is 7.18. The molecule has 0 radical (unpaired) electrons. The molecule has 2 aromatic heterocycles. The standard InChI is InChI=1S/C15H14N4O2S/c1-3-10-4-6-11(7-5-10)16-14(21)12-8-19-15(22-12)17-13(20)9(2)18-19/h4-8H,3H2,1-2H3,(H,16,21). The van der Waals surface area contributed by atoms with Crippen molar-refractivity contribution >= 4 is 27.9 Å². The number of rotatable bonds is 3. The van der Waals surface area contributed by atoms with Crippen molar-refractivity contribution in [3.05, 3.63) is 57.0 Å². The summed E-state index contributed by atoms with van der Waals surface area (Å²) in [6, 6.07) is 7.69. The maximum atomic E-state index is 12.3. The number of anilines is 1. The Morgan fingerprint density at radius 2 is 2.05 bits per heavy atom. The molecule has 0 saturated heterocycles. The van der Waals surface area contributed by atoms with E-state index in [1.165, 1.54) is 10.1 Å². The highest BCUT2D eigenvalue weighted by Crippen LogP contribution is 2.17. The molecule has 0 fully saturated rings. The third-order valence-electron chi connectivity index (χ3n) is 3.25. The van der Waals surface area contributed by atoms with Gasteiger partial charge in [-0.15, -0.1) is 0 Å². The number of amides is 1. The molecule has 0 aliphatic heterocycles.